The van der Waals surface area contributed by atoms with E-state index in [0.717, 1.165) is 33.7 Å². The van der Waals surface area contributed by atoms with Crippen molar-refractivity contribution in [3.63, 3.8) is 0 Å². The summed E-state index contributed by atoms with van der Waals surface area (Å²) < 4.78 is 13.1. The second-order valence-corrected chi connectivity index (χ2v) is 7.71. The van der Waals surface area contributed by atoms with Gasteiger partial charge in [-0.05, 0) is 55.2 Å². The first-order valence-electron chi connectivity index (χ1n) is 7.53. The van der Waals surface area contributed by atoms with Gasteiger partial charge in [-0.2, -0.15) is 11.8 Å². The van der Waals surface area contributed by atoms with Crippen LogP contribution in [0.15, 0.2) is 53.8 Å². The number of benzene rings is 1. The van der Waals surface area contributed by atoms with Crippen molar-refractivity contribution in [2.24, 2.45) is 11.7 Å². The van der Waals surface area contributed by atoms with Gasteiger partial charge in [-0.1, -0.05) is 37.7 Å². The second kappa shape index (κ2) is 8.60. The van der Waals surface area contributed by atoms with Crippen molar-refractivity contribution in [3.05, 3.63) is 70.2 Å². The molecule has 126 valence electrons. The van der Waals surface area contributed by atoms with Gasteiger partial charge in [0.15, 0.2) is 0 Å². The van der Waals surface area contributed by atoms with Crippen LogP contribution in [0.25, 0.3) is 0 Å². The largest absolute Gasteiger partial charge is 0.401 e. The van der Waals surface area contributed by atoms with E-state index in [9.17, 15) is 4.39 Å². The fourth-order valence-electron chi connectivity index (χ4n) is 2.40. The van der Waals surface area contributed by atoms with E-state index < -0.39 is 0 Å². The summed E-state index contributed by atoms with van der Waals surface area (Å²) >= 11 is 7.87. The van der Waals surface area contributed by atoms with Crippen LogP contribution < -0.4 is 5.73 Å². The Hall–Kier alpha value is -1.19. The van der Waals surface area contributed by atoms with Gasteiger partial charge in [-0.3, -0.25) is 0 Å². The Labute approximate surface area is 148 Å². The Kier molecular flexibility index (Phi) is 7.43. The van der Waals surface area contributed by atoms with Gasteiger partial charge in [0.25, 0.3) is 0 Å². The fraction of sp³-hybridized carbons (Fsp3) is 0.368. The molecule has 4 heteroatoms. The topological polar surface area (TPSA) is 26.0 Å². The fourth-order valence-corrected chi connectivity index (χ4v) is 3.94. The van der Waals surface area contributed by atoms with Gasteiger partial charge in [0.05, 0.1) is 0 Å². The summed E-state index contributed by atoms with van der Waals surface area (Å²) in [6.07, 6.45) is 0. The van der Waals surface area contributed by atoms with Crippen LogP contribution in [-0.4, -0.2) is 5.75 Å². The number of hydrogen-bond donors (Lipinski definition) is 1. The maximum atomic E-state index is 13.1. The molecular formula is C19H25ClFNS. The minimum absolute atomic E-state index is 0.163. The number of allylic oxidation sites excluding steroid dienone is 4. The van der Waals surface area contributed by atoms with Crippen molar-refractivity contribution < 1.29 is 4.39 Å². The van der Waals surface area contributed by atoms with E-state index in [2.05, 4.69) is 27.0 Å². The van der Waals surface area contributed by atoms with Crippen molar-refractivity contribution >= 4 is 23.4 Å². The van der Waals surface area contributed by atoms with E-state index in [-0.39, 0.29) is 17.0 Å². The highest BCUT2D eigenvalue weighted by Crippen LogP contribution is 2.35. The lowest BCUT2D eigenvalue weighted by Crippen LogP contribution is -2.15. The molecule has 0 aliphatic carbocycles. The molecule has 2 atom stereocenters. The molecule has 0 saturated carbocycles. The predicted octanol–water partition coefficient (Wildman–Crippen LogP) is 6.27. The Morgan fingerprint density at radius 1 is 1.26 bits per heavy atom. The third-order valence-electron chi connectivity index (χ3n) is 3.67. The molecule has 0 aliphatic heterocycles. The molecule has 0 spiro atoms. The third-order valence-corrected chi connectivity index (χ3v) is 5.44. The quantitative estimate of drug-likeness (QED) is 0.584. The van der Waals surface area contributed by atoms with Crippen LogP contribution in [-0.2, 0) is 0 Å². The number of thioether (sulfide) groups is 1. The van der Waals surface area contributed by atoms with Crippen LogP contribution in [0.3, 0.4) is 0 Å². The summed E-state index contributed by atoms with van der Waals surface area (Å²) in [5.41, 5.74) is 10.9. The smallest absolute Gasteiger partial charge is 0.124 e. The van der Waals surface area contributed by atoms with E-state index in [0.29, 0.717) is 5.02 Å². The molecule has 0 fully saturated rings. The number of rotatable bonds is 7. The normalized spacial score (nSPS) is 13.3. The monoisotopic (exact) mass is 353 g/mol. The van der Waals surface area contributed by atoms with Crippen LogP contribution in [0.1, 0.15) is 38.5 Å². The molecule has 1 nitrogen and oxygen atoms in total. The molecule has 1 unspecified atom stereocenters. The summed E-state index contributed by atoms with van der Waals surface area (Å²) in [5, 5.41) is 0.627. The van der Waals surface area contributed by atoms with Crippen molar-refractivity contribution in [2.45, 2.75) is 32.9 Å². The van der Waals surface area contributed by atoms with Crippen molar-refractivity contribution in [1.29, 1.82) is 0 Å². The molecule has 1 aromatic carbocycles. The van der Waals surface area contributed by atoms with Crippen molar-refractivity contribution in [2.75, 3.05) is 5.75 Å². The van der Waals surface area contributed by atoms with Crippen molar-refractivity contribution in [3.8, 4) is 0 Å². The standard InChI is InChI=1S/C19H25ClFNS/c1-11(2)18(12(3)4)19(22)13(5)10-23-14(6)16-8-7-15(21)9-17(16)20/h7-9,13-14H,1,3,10,22H2,2,4-6H3/t13?,14-/m1/s1. The Bertz CT molecular complexity index is 620. The van der Waals surface area contributed by atoms with Gasteiger partial charge < -0.3 is 5.73 Å². The van der Waals surface area contributed by atoms with Crippen LogP contribution >= 0.6 is 23.4 Å². The average molecular weight is 354 g/mol. The number of halogens is 2. The van der Waals surface area contributed by atoms with Gasteiger partial charge >= 0.3 is 0 Å². The predicted molar refractivity (Wildman–Crippen MR) is 102 cm³/mol. The van der Waals surface area contributed by atoms with E-state index in [1.165, 1.54) is 12.1 Å². The number of hydrogen-bond acceptors (Lipinski definition) is 2. The number of nitrogens with two attached hydrogens (primary N) is 1. The van der Waals surface area contributed by atoms with E-state index >= 15 is 0 Å². The highest BCUT2D eigenvalue weighted by Gasteiger charge is 2.16. The van der Waals surface area contributed by atoms with Crippen LogP contribution in [0, 0.1) is 11.7 Å². The van der Waals surface area contributed by atoms with Gasteiger partial charge in [-0.25, -0.2) is 4.39 Å². The first-order chi connectivity index (χ1) is 10.6. The third kappa shape index (κ3) is 5.43. The SMILES string of the molecule is C=C(C)C(C(=C)C)=C(N)C(C)CS[C@H](C)c1ccc(F)cc1Cl. The first-order valence-corrected chi connectivity index (χ1v) is 8.95. The summed E-state index contributed by atoms with van der Waals surface area (Å²) in [7, 11) is 0. The average Bonchev–Trinajstić information content (AvgIpc) is 2.43. The maximum absolute atomic E-state index is 13.1. The lowest BCUT2D eigenvalue weighted by atomic mass is 9.95. The molecule has 0 saturated heterocycles. The highest BCUT2D eigenvalue weighted by atomic mass is 35.5. The highest BCUT2D eigenvalue weighted by molar-refractivity contribution is 7.99. The van der Waals surface area contributed by atoms with Gasteiger partial charge in [0.1, 0.15) is 5.82 Å². The second-order valence-electron chi connectivity index (χ2n) is 5.93. The molecule has 0 aliphatic rings. The van der Waals surface area contributed by atoms with Crippen molar-refractivity contribution in [1.82, 2.24) is 0 Å². The molecular weight excluding hydrogens is 329 g/mol. The molecule has 1 rings (SSSR count). The van der Waals surface area contributed by atoms with E-state index in [1.807, 2.05) is 13.8 Å². The van der Waals surface area contributed by atoms with Gasteiger partial charge in [0.2, 0.25) is 0 Å². The van der Waals surface area contributed by atoms with E-state index in [1.54, 1.807) is 17.8 Å². The zero-order valence-electron chi connectivity index (χ0n) is 14.2. The molecule has 0 heterocycles. The zero-order valence-corrected chi connectivity index (χ0v) is 15.8. The summed E-state index contributed by atoms with van der Waals surface area (Å²) in [6.45, 7) is 16.0. The Morgan fingerprint density at radius 3 is 2.30 bits per heavy atom. The van der Waals surface area contributed by atoms with Gasteiger partial charge in [-0.15, -0.1) is 0 Å². The summed E-state index contributed by atoms with van der Waals surface area (Å²) in [5.74, 6) is 0.708. The zero-order chi connectivity index (χ0) is 17.7. The maximum Gasteiger partial charge on any atom is 0.124 e. The summed E-state index contributed by atoms with van der Waals surface area (Å²) in [4.78, 5) is 0. The van der Waals surface area contributed by atoms with Crippen LogP contribution in [0.5, 0.6) is 0 Å². The molecule has 23 heavy (non-hydrogen) atoms. The minimum atomic E-state index is -0.316. The first kappa shape index (κ1) is 19.9. The lowest BCUT2D eigenvalue weighted by molar-refractivity contribution is 0.627. The summed E-state index contributed by atoms with van der Waals surface area (Å²) in [6, 6.07) is 4.54. The lowest BCUT2D eigenvalue weighted by Gasteiger charge is -2.20. The van der Waals surface area contributed by atoms with Crippen LogP contribution in [0.2, 0.25) is 5.02 Å². The molecule has 2 N–H and O–H groups in total. The van der Waals surface area contributed by atoms with Crippen LogP contribution in [0.4, 0.5) is 4.39 Å². The molecule has 0 radical (unpaired) electrons. The van der Waals surface area contributed by atoms with E-state index in [4.69, 9.17) is 17.3 Å². The molecule has 0 amide bonds. The molecule has 0 aromatic heterocycles. The minimum Gasteiger partial charge on any atom is -0.401 e. The van der Waals surface area contributed by atoms with Gasteiger partial charge in [0, 0.05) is 27.6 Å². The Balaban J connectivity index is 2.82. The Morgan fingerprint density at radius 2 is 1.83 bits per heavy atom. The molecule has 1 aromatic rings. The molecule has 0 bridgehead atoms.